The van der Waals surface area contributed by atoms with Crippen LogP contribution in [0.4, 0.5) is 0 Å². The Balaban J connectivity index is 2.52. The number of hydrogen-bond donors (Lipinski definition) is 1. The molecule has 1 aromatic carbocycles. The molecule has 0 aliphatic rings. The van der Waals surface area contributed by atoms with Gasteiger partial charge in [-0.1, -0.05) is 6.58 Å². The predicted molar refractivity (Wildman–Crippen MR) is 44.7 cm³/mol. The second-order valence-electron chi connectivity index (χ2n) is 2.26. The van der Waals surface area contributed by atoms with Crippen LogP contribution in [0.15, 0.2) is 31.0 Å². The molecule has 0 atom stereocenters. The van der Waals surface area contributed by atoms with Crippen LogP contribution in [0.2, 0.25) is 0 Å². The first kappa shape index (κ1) is 6.84. The average molecular weight is 161 g/mol. The number of H-pyrrole nitrogens is 1. The van der Waals surface area contributed by atoms with Gasteiger partial charge in [0.1, 0.15) is 16.8 Å². The van der Waals surface area contributed by atoms with Gasteiger partial charge in [0.2, 0.25) is 0 Å². The van der Waals surface area contributed by atoms with E-state index in [2.05, 4.69) is 22.0 Å². The first-order valence-electron chi connectivity index (χ1n) is 3.48. The van der Waals surface area contributed by atoms with Crippen molar-refractivity contribution < 1.29 is 4.74 Å². The number of rotatable bonds is 2. The number of hydrogen-bond acceptors (Lipinski definition) is 3. The molecule has 1 N–H and O–H groups in total. The van der Waals surface area contributed by atoms with Crippen LogP contribution in [0.25, 0.3) is 11.0 Å². The number of benzene rings is 1. The van der Waals surface area contributed by atoms with Crippen molar-refractivity contribution in [1.82, 2.24) is 15.4 Å². The Labute approximate surface area is 68.9 Å². The predicted octanol–water partition coefficient (Wildman–Crippen LogP) is 1.48. The summed E-state index contributed by atoms with van der Waals surface area (Å²) in [5.41, 5.74) is 1.61. The maximum atomic E-state index is 5.07. The van der Waals surface area contributed by atoms with E-state index in [4.69, 9.17) is 4.74 Å². The van der Waals surface area contributed by atoms with Gasteiger partial charge < -0.3 is 4.74 Å². The summed E-state index contributed by atoms with van der Waals surface area (Å²) in [7, 11) is 0. The summed E-state index contributed by atoms with van der Waals surface area (Å²) in [6.45, 7) is 3.46. The number of aromatic nitrogens is 3. The highest BCUT2D eigenvalue weighted by Gasteiger charge is 1.98. The number of nitrogens with one attached hydrogen (secondary N) is 1. The van der Waals surface area contributed by atoms with Crippen LogP contribution in [-0.4, -0.2) is 15.4 Å². The maximum Gasteiger partial charge on any atom is 0.128 e. The minimum absolute atomic E-state index is 0.714. The Hall–Kier alpha value is -1.84. The number of nitrogens with zero attached hydrogens (tertiary/aromatic N) is 2. The van der Waals surface area contributed by atoms with Crippen molar-refractivity contribution in [3.63, 3.8) is 0 Å². The van der Waals surface area contributed by atoms with Gasteiger partial charge in [-0.25, -0.2) is 0 Å². The molecule has 12 heavy (non-hydrogen) atoms. The van der Waals surface area contributed by atoms with E-state index in [-0.39, 0.29) is 0 Å². The van der Waals surface area contributed by atoms with Crippen LogP contribution in [0.5, 0.6) is 5.75 Å². The van der Waals surface area contributed by atoms with Gasteiger partial charge in [0.25, 0.3) is 0 Å². The molecule has 0 saturated carbocycles. The fourth-order valence-electron chi connectivity index (χ4n) is 0.990. The van der Waals surface area contributed by atoms with Gasteiger partial charge in [-0.2, -0.15) is 15.4 Å². The molecule has 0 fully saturated rings. The molecular weight excluding hydrogens is 154 g/mol. The molecule has 0 aliphatic heterocycles. The van der Waals surface area contributed by atoms with Crippen LogP contribution >= 0.6 is 0 Å². The van der Waals surface area contributed by atoms with Crippen LogP contribution in [0, 0.1) is 0 Å². The molecule has 1 heterocycles. The molecule has 0 radical (unpaired) electrons. The monoisotopic (exact) mass is 161 g/mol. The first-order valence-corrected chi connectivity index (χ1v) is 3.48. The number of ether oxygens (including phenoxy) is 1. The average Bonchev–Trinajstić information content (AvgIpc) is 2.51. The van der Waals surface area contributed by atoms with Gasteiger partial charge in [0.15, 0.2) is 0 Å². The van der Waals surface area contributed by atoms with Crippen molar-refractivity contribution >= 4 is 11.0 Å². The summed E-state index contributed by atoms with van der Waals surface area (Å²) in [5, 5.41) is 10.3. The first-order chi connectivity index (χ1) is 5.90. The maximum absolute atomic E-state index is 5.07. The standard InChI is InChI=1S/C8H7N3O/c1-2-12-6-3-4-7-8(5-6)10-11-9-7/h2-5H,1H2,(H,9,10,11). The summed E-state index contributed by atoms with van der Waals surface area (Å²) in [4.78, 5) is 0. The third kappa shape index (κ3) is 1.03. The van der Waals surface area contributed by atoms with Crippen LogP contribution in [-0.2, 0) is 0 Å². The largest absolute Gasteiger partial charge is 0.466 e. The zero-order valence-electron chi connectivity index (χ0n) is 6.32. The highest BCUT2D eigenvalue weighted by molar-refractivity contribution is 5.75. The third-order valence-corrected chi connectivity index (χ3v) is 1.51. The molecule has 0 spiro atoms. The summed E-state index contributed by atoms with van der Waals surface area (Å²) in [5.74, 6) is 0.714. The lowest BCUT2D eigenvalue weighted by molar-refractivity contribution is 0.484. The fourth-order valence-corrected chi connectivity index (χ4v) is 0.990. The SMILES string of the molecule is C=COc1ccc2n[nH]nc2c1. The summed E-state index contributed by atoms with van der Waals surface area (Å²) in [6.07, 6.45) is 1.38. The van der Waals surface area contributed by atoms with E-state index in [1.807, 2.05) is 12.1 Å². The van der Waals surface area contributed by atoms with Crippen molar-refractivity contribution in [2.24, 2.45) is 0 Å². The molecule has 0 unspecified atom stereocenters. The Morgan fingerprint density at radius 1 is 1.33 bits per heavy atom. The van der Waals surface area contributed by atoms with Crippen LogP contribution < -0.4 is 4.74 Å². The second-order valence-corrected chi connectivity index (χ2v) is 2.26. The van der Waals surface area contributed by atoms with E-state index in [9.17, 15) is 0 Å². The molecule has 0 aliphatic carbocycles. The van der Waals surface area contributed by atoms with E-state index in [1.54, 1.807) is 6.07 Å². The van der Waals surface area contributed by atoms with Gasteiger partial charge in [-0.15, -0.1) is 0 Å². The Bertz CT molecular complexity index is 407. The smallest absolute Gasteiger partial charge is 0.128 e. The Morgan fingerprint density at radius 3 is 3.00 bits per heavy atom. The van der Waals surface area contributed by atoms with E-state index >= 15 is 0 Å². The zero-order chi connectivity index (χ0) is 8.39. The molecule has 0 saturated heterocycles. The zero-order valence-corrected chi connectivity index (χ0v) is 6.32. The second kappa shape index (κ2) is 2.65. The topological polar surface area (TPSA) is 50.8 Å². The van der Waals surface area contributed by atoms with Crippen molar-refractivity contribution in [3.8, 4) is 5.75 Å². The molecule has 4 nitrogen and oxygen atoms in total. The number of fused-ring (bicyclic) bond motifs is 1. The molecule has 2 aromatic rings. The van der Waals surface area contributed by atoms with E-state index in [0.717, 1.165) is 11.0 Å². The fraction of sp³-hybridized carbons (Fsp3) is 0. The summed E-state index contributed by atoms with van der Waals surface area (Å²) in [6, 6.07) is 5.44. The molecule has 60 valence electrons. The van der Waals surface area contributed by atoms with E-state index in [0.29, 0.717) is 5.75 Å². The molecule has 2 rings (SSSR count). The summed E-state index contributed by atoms with van der Waals surface area (Å²) >= 11 is 0. The van der Waals surface area contributed by atoms with Gasteiger partial charge in [0.05, 0.1) is 6.26 Å². The minimum atomic E-state index is 0.714. The van der Waals surface area contributed by atoms with Crippen molar-refractivity contribution in [3.05, 3.63) is 31.0 Å². The normalized spacial score (nSPS) is 10.0. The van der Waals surface area contributed by atoms with E-state index in [1.165, 1.54) is 6.26 Å². The molecular formula is C8H7N3O. The van der Waals surface area contributed by atoms with Crippen molar-refractivity contribution in [2.75, 3.05) is 0 Å². The van der Waals surface area contributed by atoms with Crippen molar-refractivity contribution in [2.45, 2.75) is 0 Å². The lowest BCUT2D eigenvalue weighted by Gasteiger charge is -1.96. The Kier molecular flexibility index (Phi) is 1.51. The highest BCUT2D eigenvalue weighted by Crippen LogP contribution is 2.16. The van der Waals surface area contributed by atoms with Crippen LogP contribution in [0.3, 0.4) is 0 Å². The van der Waals surface area contributed by atoms with Gasteiger partial charge >= 0.3 is 0 Å². The quantitative estimate of drug-likeness (QED) is 0.678. The highest BCUT2D eigenvalue weighted by atomic mass is 16.5. The number of aromatic amines is 1. The molecule has 1 aromatic heterocycles. The van der Waals surface area contributed by atoms with E-state index < -0.39 is 0 Å². The lowest BCUT2D eigenvalue weighted by Crippen LogP contribution is -1.79. The van der Waals surface area contributed by atoms with Crippen molar-refractivity contribution in [1.29, 1.82) is 0 Å². The third-order valence-electron chi connectivity index (χ3n) is 1.51. The van der Waals surface area contributed by atoms with Crippen LogP contribution in [0.1, 0.15) is 0 Å². The minimum Gasteiger partial charge on any atom is -0.466 e. The Morgan fingerprint density at radius 2 is 2.17 bits per heavy atom. The lowest BCUT2D eigenvalue weighted by atomic mass is 10.3. The molecule has 0 amide bonds. The van der Waals surface area contributed by atoms with Gasteiger partial charge in [-0.05, 0) is 12.1 Å². The molecule has 0 bridgehead atoms. The molecule has 4 heteroatoms. The summed E-state index contributed by atoms with van der Waals surface area (Å²) < 4.78 is 5.07. The van der Waals surface area contributed by atoms with Gasteiger partial charge in [0, 0.05) is 6.07 Å². The van der Waals surface area contributed by atoms with Gasteiger partial charge in [-0.3, -0.25) is 0 Å².